The minimum absolute atomic E-state index is 0.285. The van der Waals surface area contributed by atoms with E-state index in [4.69, 9.17) is 16.3 Å². The first kappa shape index (κ1) is 11.4. The van der Waals surface area contributed by atoms with Gasteiger partial charge in [0.2, 0.25) is 0 Å². The van der Waals surface area contributed by atoms with Gasteiger partial charge in [-0.05, 0) is 29.1 Å². The minimum Gasteiger partial charge on any atom is -0.488 e. The number of alkyl halides is 1. The molecule has 1 aromatic carbocycles. The number of hydrogen-bond acceptors (Lipinski definition) is 2. The van der Waals surface area contributed by atoms with Crippen LogP contribution in [0.5, 0.6) is 5.75 Å². The summed E-state index contributed by atoms with van der Waals surface area (Å²) in [5.74, 6) is 0.482. The Morgan fingerprint density at radius 2 is 2.19 bits per heavy atom. The van der Waals surface area contributed by atoms with Gasteiger partial charge in [0, 0.05) is 16.8 Å². The molecule has 2 aromatic rings. The van der Waals surface area contributed by atoms with Crippen molar-refractivity contribution in [2.45, 2.75) is 12.5 Å². The molecule has 0 aliphatic carbocycles. The molecule has 2 rings (SSSR count). The molecule has 4 heteroatoms. The van der Waals surface area contributed by atoms with E-state index in [9.17, 15) is 4.39 Å². The van der Waals surface area contributed by atoms with Gasteiger partial charge in [-0.25, -0.2) is 4.39 Å². The van der Waals surface area contributed by atoms with Crippen molar-refractivity contribution in [2.75, 3.05) is 0 Å². The molecular formula is C12H10ClFOS. The molecule has 0 amide bonds. The molecule has 0 unspecified atom stereocenters. The van der Waals surface area contributed by atoms with Crippen LogP contribution in [-0.4, -0.2) is 0 Å². The van der Waals surface area contributed by atoms with Gasteiger partial charge in [0.05, 0.1) is 0 Å². The lowest BCUT2D eigenvalue weighted by molar-refractivity contribution is 0.308. The number of thiophene rings is 1. The van der Waals surface area contributed by atoms with Crippen molar-refractivity contribution in [3.8, 4) is 5.75 Å². The summed E-state index contributed by atoms with van der Waals surface area (Å²) in [5.41, 5.74) is 0.725. The van der Waals surface area contributed by atoms with Crippen molar-refractivity contribution in [1.82, 2.24) is 0 Å². The molecule has 0 spiro atoms. The van der Waals surface area contributed by atoms with Gasteiger partial charge in [0.1, 0.15) is 18.2 Å². The molecule has 0 saturated heterocycles. The number of halogens is 2. The lowest BCUT2D eigenvalue weighted by Gasteiger charge is -2.06. The molecule has 0 N–H and O–H groups in total. The maximum absolute atomic E-state index is 13.1. The first-order chi connectivity index (χ1) is 7.78. The zero-order valence-corrected chi connectivity index (χ0v) is 10.0. The van der Waals surface area contributed by atoms with Gasteiger partial charge < -0.3 is 4.74 Å². The van der Waals surface area contributed by atoms with E-state index < -0.39 is 0 Å². The topological polar surface area (TPSA) is 9.23 Å². The summed E-state index contributed by atoms with van der Waals surface area (Å²) in [6, 6.07) is 8.46. The quantitative estimate of drug-likeness (QED) is 0.745. The van der Waals surface area contributed by atoms with E-state index in [1.807, 2.05) is 17.5 Å². The van der Waals surface area contributed by atoms with Crippen molar-refractivity contribution in [1.29, 1.82) is 0 Å². The third-order valence-electron chi connectivity index (χ3n) is 2.05. The summed E-state index contributed by atoms with van der Waals surface area (Å²) in [7, 11) is 0. The summed E-state index contributed by atoms with van der Waals surface area (Å²) in [5, 5.41) is 1.98. The van der Waals surface area contributed by atoms with Crippen LogP contribution in [0.15, 0.2) is 35.7 Å². The van der Waals surface area contributed by atoms with Gasteiger partial charge in [-0.3, -0.25) is 0 Å². The largest absolute Gasteiger partial charge is 0.488 e. The van der Waals surface area contributed by atoms with E-state index in [1.165, 1.54) is 12.1 Å². The zero-order chi connectivity index (χ0) is 11.4. The van der Waals surface area contributed by atoms with Crippen LogP contribution in [-0.2, 0) is 12.5 Å². The molecule has 1 nitrogen and oxygen atoms in total. The zero-order valence-electron chi connectivity index (χ0n) is 8.45. The predicted molar refractivity (Wildman–Crippen MR) is 64.6 cm³/mol. The normalized spacial score (nSPS) is 10.4. The van der Waals surface area contributed by atoms with Crippen molar-refractivity contribution in [3.63, 3.8) is 0 Å². The Kier molecular flexibility index (Phi) is 3.80. The fourth-order valence-corrected chi connectivity index (χ4v) is 2.10. The summed E-state index contributed by atoms with van der Waals surface area (Å²) in [6.07, 6.45) is 0. The highest BCUT2D eigenvalue weighted by atomic mass is 35.5. The summed E-state index contributed by atoms with van der Waals surface area (Å²) in [4.78, 5) is 1.11. The average molecular weight is 257 g/mol. The van der Waals surface area contributed by atoms with Crippen molar-refractivity contribution in [3.05, 3.63) is 52.0 Å². The fraction of sp³-hybridized carbons (Fsp3) is 0.167. The van der Waals surface area contributed by atoms with Gasteiger partial charge in [-0.1, -0.05) is 6.07 Å². The smallest absolute Gasteiger partial charge is 0.127 e. The minimum atomic E-state index is -0.320. The summed E-state index contributed by atoms with van der Waals surface area (Å²) in [6.45, 7) is 0.461. The van der Waals surface area contributed by atoms with Crippen LogP contribution in [0.2, 0.25) is 0 Å². The molecule has 0 radical (unpaired) electrons. The van der Waals surface area contributed by atoms with Crippen LogP contribution in [0.4, 0.5) is 4.39 Å². The monoisotopic (exact) mass is 256 g/mol. The number of benzene rings is 1. The highest BCUT2D eigenvalue weighted by Crippen LogP contribution is 2.20. The highest BCUT2D eigenvalue weighted by Gasteiger charge is 2.02. The lowest BCUT2D eigenvalue weighted by Crippen LogP contribution is -1.94. The standard InChI is InChI=1S/C12H10ClFOS/c13-7-9-4-10(14)6-11(5-9)15-8-12-2-1-3-16-12/h1-6H,7-8H2. The van der Waals surface area contributed by atoms with Gasteiger partial charge in [0.15, 0.2) is 0 Å². The third kappa shape index (κ3) is 2.97. The molecule has 16 heavy (non-hydrogen) atoms. The molecule has 0 aliphatic rings. The van der Waals surface area contributed by atoms with E-state index in [0.717, 1.165) is 10.4 Å². The highest BCUT2D eigenvalue weighted by molar-refractivity contribution is 7.09. The fourth-order valence-electron chi connectivity index (χ4n) is 1.33. The van der Waals surface area contributed by atoms with E-state index in [-0.39, 0.29) is 11.7 Å². The van der Waals surface area contributed by atoms with Gasteiger partial charge in [-0.2, -0.15) is 0 Å². The molecule has 1 heterocycles. The maximum atomic E-state index is 13.1. The van der Waals surface area contributed by atoms with E-state index in [1.54, 1.807) is 17.4 Å². The van der Waals surface area contributed by atoms with Crippen LogP contribution in [0.25, 0.3) is 0 Å². The molecule has 0 saturated carbocycles. The molecule has 1 aromatic heterocycles. The average Bonchev–Trinajstić information content (AvgIpc) is 2.78. The molecular weight excluding hydrogens is 247 g/mol. The number of hydrogen-bond donors (Lipinski definition) is 0. The number of rotatable bonds is 4. The Morgan fingerprint density at radius 3 is 2.88 bits per heavy atom. The second-order valence-corrected chi connectivity index (χ2v) is 4.60. The number of ether oxygens (including phenoxy) is 1. The summed E-state index contributed by atoms with van der Waals surface area (Å²) >= 11 is 7.26. The van der Waals surface area contributed by atoms with Crippen LogP contribution in [0.3, 0.4) is 0 Å². The van der Waals surface area contributed by atoms with Crippen LogP contribution in [0, 0.1) is 5.82 Å². The van der Waals surface area contributed by atoms with Crippen molar-refractivity contribution >= 4 is 22.9 Å². The van der Waals surface area contributed by atoms with E-state index in [0.29, 0.717) is 12.4 Å². The molecule has 0 atom stereocenters. The van der Waals surface area contributed by atoms with E-state index >= 15 is 0 Å². The van der Waals surface area contributed by atoms with Gasteiger partial charge >= 0.3 is 0 Å². The second-order valence-electron chi connectivity index (χ2n) is 3.30. The summed E-state index contributed by atoms with van der Waals surface area (Å²) < 4.78 is 18.6. The predicted octanol–water partition coefficient (Wildman–Crippen LogP) is 4.21. The first-order valence-electron chi connectivity index (χ1n) is 4.78. The second kappa shape index (κ2) is 5.32. The Balaban J connectivity index is 2.06. The maximum Gasteiger partial charge on any atom is 0.127 e. The van der Waals surface area contributed by atoms with Crippen LogP contribution >= 0.6 is 22.9 Å². The first-order valence-corrected chi connectivity index (χ1v) is 6.20. The Labute approximate surface area is 102 Å². The molecule has 0 fully saturated rings. The Hall–Kier alpha value is -1.06. The van der Waals surface area contributed by atoms with E-state index in [2.05, 4.69) is 0 Å². The lowest BCUT2D eigenvalue weighted by atomic mass is 10.2. The van der Waals surface area contributed by atoms with Crippen molar-refractivity contribution in [2.24, 2.45) is 0 Å². The van der Waals surface area contributed by atoms with Crippen LogP contribution < -0.4 is 4.74 Å². The Morgan fingerprint density at radius 1 is 1.31 bits per heavy atom. The van der Waals surface area contributed by atoms with Crippen molar-refractivity contribution < 1.29 is 9.13 Å². The molecule has 0 bridgehead atoms. The molecule has 0 aliphatic heterocycles. The third-order valence-corrected chi connectivity index (χ3v) is 3.21. The van der Waals surface area contributed by atoms with Gasteiger partial charge in [0.25, 0.3) is 0 Å². The molecule has 84 valence electrons. The Bertz CT molecular complexity index is 456. The van der Waals surface area contributed by atoms with Gasteiger partial charge in [-0.15, -0.1) is 22.9 Å². The SMILES string of the molecule is Fc1cc(CCl)cc(OCc2cccs2)c1. The van der Waals surface area contributed by atoms with Crippen LogP contribution in [0.1, 0.15) is 10.4 Å².